The van der Waals surface area contributed by atoms with Crippen LogP contribution >= 0.6 is 0 Å². The quantitative estimate of drug-likeness (QED) is 0.878. The van der Waals surface area contributed by atoms with Gasteiger partial charge in [-0.15, -0.1) is 0 Å². The van der Waals surface area contributed by atoms with E-state index in [9.17, 15) is 0 Å². The second-order valence-corrected chi connectivity index (χ2v) is 5.04. The molecule has 0 spiro atoms. The molecule has 0 aromatic heterocycles. The zero-order valence-corrected chi connectivity index (χ0v) is 12.2. The normalized spacial score (nSPS) is 12.6. The first-order valence-electron chi connectivity index (χ1n) is 7.20. The van der Waals surface area contributed by atoms with Gasteiger partial charge in [0, 0.05) is 30.2 Å². The molecule has 102 valence electrons. The third-order valence-corrected chi connectivity index (χ3v) is 3.98. The van der Waals surface area contributed by atoms with Gasteiger partial charge in [-0.3, -0.25) is 0 Å². The van der Waals surface area contributed by atoms with E-state index in [1.807, 2.05) is 0 Å². The third kappa shape index (κ3) is 2.59. The summed E-state index contributed by atoms with van der Waals surface area (Å²) in [7, 11) is 0. The van der Waals surface area contributed by atoms with Crippen molar-refractivity contribution in [3.8, 4) is 0 Å². The van der Waals surface area contributed by atoms with Crippen molar-refractivity contribution in [3.63, 3.8) is 0 Å². The van der Waals surface area contributed by atoms with Crippen LogP contribution in [-0.2, 0) is 6.54 Å². The Morgan fingerprint density at radius 3 is 2.32 bits per heavy atom. The molecule has 0 heterocycles. The average Bonchev–Trinajstić information content (AvgIpc) is 2.47. The third-order valence-electron chi connectivity index (χ3n) is 3.98. The average molecular weight is 256 g/mol. The molecule has 0 bridgehead atoms. The predicted octanol–water partition coefficient (Wildman–Crippen LogP) is 3.92. The van der Waals surface area contributed by atoms with E-state index in [0.717, 1.165) is 13.0 Å². The number of hydrogen-bond acceptors (Lipinski definition) is 2. The SMILES string of the molecule is CCC(C)N(CC)c1ccc(CN)c2ccccc12. The molecule has 0 aliphatic carbocycles. The molecule has 0 fully saturated rings. The van der Waals surface area contributed by atoms with Crippen LogP contribution in [0.4, 0.5) is 5.69 Å². The van der Waals surface area contributed by atoms with Gasteiger partial charge in [0.1, 0.15) is 0 Å². The topological polar surface area (TPSA) is 29.3 Å². The Labute approximate surface area is 116 Å². The van der Waals surface area contributed by atoms with Crippen LogP contribution < -0.4 is 10.6 Å². The van der Waals surface area contributed by atoms with E-state index in [2.05, 4.69) is 62.1 Å². The largest absolute Gasteiger partial charge is 0.369 e. The number of nitrogens with zero attached hydrogens (tertiary/aromatic N) is 1. The van der Waals surface area contributed by atoms with Crippen molar-refractivity contribution < 1.29 is 0 Å². The summed E-state index contributed by atoms with van der Waals surface area (Å²) in [6.07, 6.45) is 1.15. The van der Waals surface area contributed by atoms with Crippen LogP contribution in [0.2, 0.25) is 0 Å². The van der Waals surface area contributed by atoms with Gasteiger partial charge in [0.25, 0.3) is 0 Å². The highest BCUT2D eigenvalue weighted by atomic mass is 15.1. The molecule has 1 atom stereocenters. The van der Waals surface area contributed by atoms with Crippen molar-refractivity contribution in [1.82, 2.24) is 0 Å². The summed E-state index contributed by atoms with van der Waals surface area (Å²) in [6.45, 7) is 8.37. The van der Waals surface area contributed by atoms with E-state index in [1.165, 1.54) is 22.0 Å². The van der Waals surface area contributed by atoms with Crippen molar-refractivity contribution in [2.45, 2.75) is 39.8 Å². The predicted molar refractivity (Wildman–Crippen MR) is 84.6 cm³/mol. The van der Waals surface area contributed by atoms with E-state index >= 15 is 0 Å². The lowest BCUT2D eigenvalue weighted by atomic mass is 10.0. The summed E-state index contributed by atoms with van der Waals surface area (Å²) < 4.78 is 0. The maximum absolute atomic E-state index is 5.85. The van der Waals surface area contributed by atoms with E-state index in [1.54, 1.807) is 0 Å². The summed E-state index contributed by atoms with van der Waals surface area (Å²) in [5.41, 5.74) is 8.39. The Kier molecular flexibility index (Phi) is 4.43. The van der Waals surface area contributed by atoms with Gasteiger partial charge < -0.3 is 10.6 Å². The Morgan fingerprint density at radius 2 is 1.74 bits per heavy atom. The highest BCUT2D eigenvalue weighted by Gasteiger charge is 2.14. The van der Waals surface area contributed by atoms with E-state index < -0.39 is 0 Å². The lowest BCUT2D eigenvalue weighted by molar-refractivity contribution is 0.632. The van der Waals surface area contributed by atoms with Gasteiger partial charge in [-0.05, 0) is 37.3 Å². The number of rotatable bonds is 5. The Bertz CT molecular complexity index is 548. The minimum Gasteiger partial charge on any atom is -0.369 e. The molecule has 1 unspecified atom stereocenters. The summed E-state index contributed by atoms with van der Waals surface area (Å²) in [5, 5.41) is 2.59. The van der Waals surface area contributed by atoms with Gasteiger partial charge in [0.05, 0.1) is 0 Å². The fourth-order valence-electron chi connectivity index (χ4n) is 2.71. The van der Waals surface area contributed by atoms with Gasteiger partial charge >= 0.3 is 0 Å². The molecule has 2 N–H and O–H groups in total. The molecule has 0 saturated carbocycles. The van der Waals surface area contributed by atoms with E-state index in [-0.39, 0.29) is 0 Å². The number of nitrogens with two attached hydrogens (primary N) is 1. The maximum atomic E-state index is 5.85. The van der Waals surface area contributed by atoms with Crippen molar-refractivity contribution in [1.29, 1.82) is 0 Å². The highest BCUT2D eigenvalue weighted by molar-refractivity contribution is 5.96. The number of hydrogen-bond donors (Lipinski definition) is 1. The Hall–Kier alpha value is -1.54. The van der Waals surface area contributed by atoms with Crippen LogP contribution in [0.5, 0.6) is 0 Å². The molecule has 2 aromatic carbocycles. The Balaban J connectivity index is 2.61. The van der Waals surface area contributed by atoms with Crippen LogP contribution in [0.15, 0.2) is 36.4 Å². The molecule has 0 saturated heterocycles. The van der Waals surface area contributed by atoms with Crippen LogP contribution in [0.1, 0.15) is 32.8 Å². The molecule has 0 radical (unpaired) electrons. The molecular formula is C17H24N2. The van der Waals surface area contributed by atoms with Crippen LogP contribution in [0.25, 0.3) is 10.8 Å². The van der Waals surface area contributed by atoms with E-state index in [4.69, 9.17) is 5.73 Å². The van der Waals surface area contributed by atoms with Crippen molar-refractivity contribution in [2.75, 3.05) is 11.4 Å². The molecule has 2 rings (SSSR count). The Morgan fingerprint density at radius 1 is 1.05 bits per heavy atom. The van der Waals surface area contributed by atoms with Gasteiger partial charge in [-0.25, -0.2) is 0 Å². The van der Waals surface area contributed by atoms with Crippen molar-refractivity contribution in [3.05, 3.63) is 42.0 Å². The first-order chi connectivity index (χ1) is 9.22. The molecular weight excluding hydrogens is 232 g/mol. The van der Waals surface area contributed by atoms with Crippen molar-refractivity contribution >= 4 is 16.5 Å². The van der Waals surface area contributed by atoms with Gasteiger partial charge in [-0.2, -0.15) is 0 Å². The van der Waals surface area contributed by atoms with Gasteiger partial charge in [-0.1, -0.05) is 37.3 Å². The number of benzene rings is 2. The molecule has 0 amide bonds. The van der Waals surface area contributed by atoms with E-state index in [0.29, 0.717) is 12.6 Å². The summed E-state index contributed by atoms with van der Waals surface area (Å²) in [4.78, 5) is 2.47. The number of anilines is 1. The molecule has 0 aliphatic heterocycles. The van der Waals surface area contributed by atoms with Crippen LogP contribution in [-0.4, -0.2) is 12.6 Å². The summed E-state index contributed by atoms with van der Waals surface area (Å²) in [6, 6.07) is 13.5. The summed E-state index contributed by atoms with van der Waals surface area (Å²) >= 11 is 0. The number of fused-ring (bicyclic) bond motifs is 1. The van der Waals surface area contributed by atoms with Gasteiger partial charge in [0.2, 0.25) is 0 Å². The standard InChI is InChI=1S/C17H24N2/c1-4-13(3)19(5-2)17-11-10-14(12-18)15-8-6-7-9-16(15)17/h6-11,13H,4-5,12,18H2,1-3H3. The fraction of sp³-hybridized carbons (Fsp3) is 0.412. The first kappa shape index (κ1) is 13.9. The minimum atomic E-state index is 0.553. The van der Waals surface area contributed by atoms with Crippen molar-refractivity contribution in [2.24, 2.45) is 5.73 Å². The van der Waals surface area contributed by atoms with Gasteiger partial charge in [0.15, 0.2) is 0 Å². The van der Waals surface area contributed by atoms with Crippen LogP contribution in [0.3, 0.4) is 0 Å². The highest BCUT2D eigenvalue weighted by Crippen LogP contribution is 2.30. The second kappa shape index (κ2) is 6.07. The smallest absolute Gasteiger partial charge is 0.0448 e. The summed E-state index contributed by atoms with van der Waals surface area (Å²) in [5.74, 6) is 0. The monoisotopic (exact) mass is 256 g/mol. The lowest BCUT2D eigenvalue weighted by Gasteiger charge is -2.31. The molecule has 2 heteroatoms. The van der Waals surface area contributed by atoms with Crippen LogP contribution in [0, 0.1) is 0 Å². The minimum absolute atomic E-state index is 0.553. The zero-order chi connectivity index (χ0) is 13.8. The molecule has 0 aliphatic rings. The molecule has 19 heavy (non-hydrogen) atoms. The molecule has 2 nitrogen and oxygen atoms in total. The first-order valence-corrected chi connectivity index (χ1v) is 7.20. The maximum Gasteiger partial charge on any atom is 0.0448 e. The second-order valence-electron chi connectivity index (χ2n) is 5.04. The lowest BCUT2D eigenvalue weighted by Crippen LogP contribution is -2.32. The molecule has 2 aromatic rings. The zero-order valence-electron chi connectivity index (χ0n) is 12.2. The fourth-order valence-corrected chi connectivity index (χ4v) is 2.71.